The van der Waals surface area contributed by atoms with Crippen LogP contribution >= 0.6 is 12.2 Å². The number of amides is 1. The molecule has 0 atom stereocenters. The molecule has 0 saturated carbocycles. The van der Waals surface area contributed by atoms with Crippen molar-refractivity contribution < 1.29 is 17.9 Å². The highest BCUT2D eigenvalue weighted by atomic mass is 32.2. The van der Waals surface area contributed by atoms with Crippen molar-refractivity contribution in [2.45, 2.75) is 31.8 Å². The number of anilines is 1. The third-order valence-corrected chi connectivity index (χ3v) is 4.11. The highest BCUT2D eigenvalue weighted by Gasteiger charge is 2.26. The topological polar surface area (TPSA) is 114 Å². The van der Waals surface area contributed by atoms with Gasteiger partial charge in [-0.2, -0.15) is 13.5 Å². The number of hydrogen-bond acceptors (Lipinski definition) is 6. The van der Waals surface area contributed by atoms with E-state index in [2.05, 4.69) is 20.5 Å². The van der Waals surface area contributed by atoms with E-state index in [0.29, 0.717) is 0 Å². The first-order chi connectivity index (χ1) is 10.2. The van der Waals surface area contributed by atoms with E-state index in [9.17, 15) is 13.2 Å². The number of thiocarbonyl (C=S) groups is 1. The van der Waals surface area contributed by atoms with E-state index in [1.54, 1.807) is 6.92 Å². The Kier molecular flexibility index (Phi) is 6.11. The minimum atomic E-state index is -4.01. The fraction of sp³-hybridized carbons (Fsp3) is 0.545. The van der Waals surface area contributed by atoms with Crippen molar-refractivity contribution in [1.29, 1.82) is 0 Å². The maximum atomic E-state index is 12.4. The fourth-order valence-electron chi connectivity index (χ4n) is 1.57. The molecule has 0 saturated heterocycles. The Morgan fingerprint density at radius 3 is 2.68 bits per heavy atom. The second-order valence-corrected chi connectivity index (χ2v) is 6.57. The van der Waals surface area contributed by atoms with Gasteiger partial charge in [0, 0.05) is 13.1 Å². The van der Waals surface area contributed by atoms with Crippen LogP contribution in [0.4, 0.5) is 10.5 Å². The molecule has 22 heavy (non-hydrogen) atoms. The van der Waals surface area contributed by atoms with Gasteiger partial charge in [-0.3, -0.25) is 14.7 Å². The quantitative estimate of drug-likeness (QED) is 0.665. The summed E-state index contributed by atoms with van der Waals surface area (Å²) in [5.74, 6) is 0. The van der Waals surface area contributed by atoms with E-state index in [1.165, 1.54) is 13.2 Å². The summed E-state index contributed by atoms with van der Waals surface area (Å²) in [5.41, 5.74) is 0.000738. The van der Waals surface area contributed by atoms with Crippen LogP contribution in [-0.2, 0) is 21.8 Å². The highest BCUT2D eigenvalue weighted by molar-refractivity contribution is 7.91. The average Bonchev–Trinajstić information content (AvgIpc) is 2.69. The van der Waals surface area contributed by atoms with Crippen molar-refractivity contribution in [2.75, 3.05) is 11.9 Å². The largest absolute Gasteiger partial charge is 0.450 e. The van der Waals surface area contributed by atoms with Gasteiger partial charge in [0.15, 0.2) is 10.1 Å². The second-order valence-electron chi connectivity index (χ2n) is 4.57. The molecule has 1 rings (SSSR count). The third-order valence-electron chi connectivity index (χ3n) is 2.30. The molecular formula is C11H19N5O4S2. The van der Waals surface area contributed by atoms with Crippen LogP contribution in [0.2, 0.25) is 0 Å². The summed E-state index contributed by atoms with van der Waals surface area (Å²) >= 11 is 4.93. The zero-order chi connectivity index (χ0) is 16.9. The van der Waals surface area contributed by atoms with Gasteiger partial charge in [0.2, 0.25) is 0 Å². The van der Waals surface area contributed by atoms with Gasteiger partial charge >= 0.3 is 6.09 Å². The lowest BCUT2D eigenvalue weighted by Crippen LogP contribution is -2.42. The number of sulfonamides is 1. The summed E-state index contributed by atoms with van der Waals surface area (Å²) in [6.45, 7) is 5.43. The van der Waals surface area contributed by atoms with E-state index in [4.69, 9.17) is 17.0 Å². The molecule has 1 aromatic rings. The van der Waals surface area contributed by atoms with Crippen molar-refractivity contribution >= 4 is 39.1 Å². The number of ether oxygens (including phenoxy) is 1. The summed E-state index contributed by atoms with van der Waals surface area (Å²) in [6.07, 6.45) is 0.444. The number of hydrogen-bond donors (Lipinski definition) is 3. The van der Waals surface area contributed by atoms with Crippen LogP contribution in [-0.4, -0.2) is 42.1 Å². The molecule has 0 aliphatic carbocycles. The molecule has 0 radical (unpaired) electrons. The Labute approximate surface area is 134 Å². The molecule has 1 heterocycles. The van der Waals surface area contributed by atoms with Gasteiger partial charge in [-0.05, 0) is 33.0 Å². The molecular weight excluding hydrogens is 330 g/mol. The Morgan fingerprint density at radius 1 is 1.50 bits per heavy atom. The van der Waals surface area contributed by atoms with Gasteiger partial charge in [0.05, 0.1) is 12.8 Å². The van der Waals surface area contributed by atoms with E-state index in [1.807, 2.05) is 13.8 Å². The third kappa shape index (κ3) is 4.84. The smallest absolute Gasteiger partial charge is 0.411 e. The Bertz CT molecular complexity index is 653. The molecule has 0 aromatic carbocycles. The van der Waals surface area contributed by atoms with Crippen molar-refractivity contribution in [2.24, 2.45) is 7.05 Å². The second kappa shape index (κ2) is 7.40. The van der Waals surface area contributed by atoms with Crippen LogP contribution in [0.25, 0.3) is 0 Å². The number of nitrogens with one attached hydrogen (secondary N) is 3. The summed E-state index contributed by atoms with van der Waals surface area (Å²) in [5, 5.41) is 8.64. The molecule has 0 spiro atoms. The van der Waals surface area contributed by atoms with Gasteiger partial charge in [0.1, 0.15) is 5.69 Å². The van der Waals surface area contributed by atoms with Crippen molar-refractivity contribution in [3.63, 3.8) is 0 Å². The summed E-state index contributed by atoms with van der Waals surface area (Å²) in [4.78, 5) is 11.4. The summed E-state index contributed by atoms with van der Waals surface area (Å²) in [7, 11) is -2.57. The number of rotatable bonds is 5. The number of carbonyl (C=O) groups excluding carboxylic acids is 1. The van der Waals surface area contributed by atoms with E-state index in [-0.39, 0.29) is 28.5 Å². The maximum absolute atomic E-state index is 12.4. The van der Waals surface area contributed by atoms with E-state index >= 15 is 0 Å². The van der Waals surface area contributed by atoms with Crippen LogP contribution < -0.4 is 15.4 Å². The van der Waals surface area contributed by atoms with Crippen LogP contribution in [0.1, 0.15) is 20.8 Å². The van der Waals surface area contributed by atoms with Gasteiger partial charge < -0.3 is 10.1 Å². The van der Waals surface area contributed by atoms with Crippen molar-refractivity contribution in [3.8, 4) is 0 Å². The number of nitrogens with zero attached hydrogens (tertiary/aromatic N) is 2. The summed E-state index contributed by atoms with van der Waals surface area (Å²) < 4.78 is 32.8. The molecule has 0 bridgehead atoms. The van der Waals surface area contributed by atoms with Crippen LogP contribution in [0.3, 0.4) is 0 Å². The Hall–Kier alpha value is -1.88. The monoisotopic (exact) mass is 349 g/mol. The lowest BCUT2D eigenvalue weighted by Gasteiger charge is -2.14. The van der Waals surface area contributed by atoms with Gasteiger partial charge in [-0.1, -0.05) is 0 Å². The van der Waals surface area contributed by atoms with Crippen LogP contribution in [0.15, 0.2) is 11.2 Å². The van der Waals surface area contributed by atoms with E-state index in [0.717, 1.165) is 4.68 Å². The van der Waals surface area contributed by atoms with Gasteiger partial charge in [-0.15, -0.1) is 0 Å². The first-order valence-corrected chi connectivity index (χ1v) is 8.35. The summed E-state index contributed by atoms with van der Waals surface area (Å²) in [6, 6.07) is -0.0288. The fourth-order valence-corrected chi connectivity index (χ4v) is 3.32. The molecule has 1 amide bonds. The first kappa shape index (κ1) is 18.2. The first-order valence-electron chi connectivity index (χ1n) is 6.46. The molecule has 9 nitrogen and oxygen atoms in total. The Morgan fingerprint density at radius 2 is 2.14 bits per heavy atom. The predicted octanol–water partition coefficient (Wildman–Crippen LogP) is 0.550. The van der Waals surface area contributed by atoms with Gasteiger partial charge in [-0.25, -0.2) is 4.79 Å². The van der Waals surface area contributed by atoms with Crippen LogP contribution in [0.5, 0.6) is 0 Å². The maximum Gasteiger partial charge on any atom is 0.411 e. The number of aryl methyl sites for hydroxylation is 1. The lowest BCUT2D eigenvalue weighted by atomic mass is 10.4. The minimum absolute atomic E-state index is 0.000738. The predicted molar refractivity (Wildman–Crippen MR) is 85.0 cm³/mol. The average molecular weight is 349 g/mol. The normalized spacial score (nSPS) is 11.1. The standard InChI is InChI=1S/C11H19N5O4S2/c1-5-20-11(17)14-8-6-12-16(4)9(8)22(18,19)15-10(21)13-7(2)3/h6-7H,5H2,1-4H3,(H,14,17)(H2,13,15,21). The van der Waals surface area contributed by atoms with Crippen molar-refractivity contribution in [1.82, 2.24) is 19.8 Å². The van der Waals surface area contributed by atoms with Gasteiger partial charge in [0.25, 0.3) is 10.0 Å². The zero-order valence-corrected chi connectivity index (χ0v) is 14.3. The molecule has 3 N–H and O–H groups in total. The lowest BCUT2D eigenvalue weighted by molar-refractivity contribution is 0.168. The molecule has 0 fully saturated rings. The SMILES string of the molecule is CCOC(=O)Nc1cnn(C)c1S(=O)(=O)NC(=S)NC(C)C. The highest BCUT2D eigenvalue weighted by Crippen LogP contribution is 2.20. The molecule has 0 aliphatic rings. The number of aromatic nitrogens is 2. The molecule has 0 aliphatic heterocycles. The molecule has 0 unspecified atom stereocenters. The van der Waals surface area contributed by atoms with E-state index < -0.39 is 16.1 Å². The number of carbonyl (C=O) groups is 1. The Balaban J connectivity index is 3.01. The molecule has 11 heteroatoms. The van der Waals surface area contributed by atoms with Crippen molar-refractivity contribution in [3.05, 3.63) is 6.20 Å². The molecule has 1 aromatic heterocycles. The minimum Gasteiger partial charge on any atom is -0.450 e. The molecule has 124 valence electrons. The van der Waals surface area contributed by atoms with Crippen LogP contribution in [0, 0.1) is 0 Å². The zero-order valence-electron chi connectivity index (χ0n) is 12.7.